The number of fused-ring (bicyclic) bond motifs is 4. The van der Waals surface area contributed by atoms with Gasteiger partial charge in [0.25, 0.3) is 0 Å². The highest BCUT2D eigenvalue weighted by atomic mass is 32.2. The standard InChI is InChI=1S/C16H11NOS/c18-19-14-6-2-1-4-12(14)10-13-15(19)8-7-11-5-3-9-17-16(11)13/h1-9H,10H2. The molecule has 1 aromatic heterocycles. The molecular formula is C16H11NOS. The predicted octanol–water partition coefficient (Wildman–Crippen LogP) is 3.31. The van der Waals surface area contributed by atoms with Crippen molar-refractivity contribution in [3.63, 3.8) is 0 Å². The van der Waals surface area contributed by atoms with Crippen molar-refractivity contribution in [3.05, 3.63) is 65.9 Å². The lowest BCUT2D eigenvalue weighted by Gasteiger charge is -2.22. The molecule has 0 N–H and O–H groups in total. The average Bonchev–Trinajstić information content (AvgIpc) is 2.47. The van der Waals surface area contributed by atoms with Crippen LogP contribution in [-0.2, 0) is 17.6 Å². The number of pyridine rings is 1. The Morgan fingerprint density at radius 1 is 0.947 bits per heavy atom. The summed E-state index contributed by atoms with van der Waals surface area (Å²) in [6.07, 6.45) is 2.61. The third kappa shape index (κ3) is 1.59. The molecule has 0 fully saturated rings. The molecule has 1 unspecified atom stereocenters. The zero-order valence-electron chi connectivity index (χ0n) is 10.2. The van der Waals surface area contributed by atoms with Gasteiger partial charge in [-0.3, -0.25) is 4.98 Å². The second-order valence-corrected chi connectivity index (χ2v) is 6.09. The summed E-state index contributed by atoms with van der Waals surface area (Å²) in [5.41, 5.74) is 3.23. The van der Waals surface area contributed by atoms with Crippen molar-refractivity contribution in [2.75, 3.05) is 0 Å². The van der Waals surface area contributed by atoms with Gasteiger partial charge in [0, 0.05) is 40.3 Å². The van der Waals surface area contributed by atoms with Crippen LogP contribution in [0.3, 0.4) is 0 Å². The molecule has 2 nitrogen and oxygen atoms in total. The van der Waals surface area contributed by atoms with Gasteiger partial charge in [-0.25, -0.2) is 0 Å². The van der Waals surface area contributed by atoms with Gasteiger partial charge in [0.1, 0.15) is 0 Å². The SMILES string of the molecule is [O-][S+]1c2ccccc2Cc2c1ccc1cccnc21. The van der Waals surface area contributed by atoms with Crippen LogP contribution in [0.5, 0.6) is 0 Å². The number of rotatable bonds is 0. The van der Waals surface area contributed by atoms with Crippen LogP contribution in [0.15, 0.2) is 64.5 Å². The fraction of sp³-hybridized carbons (Fsp3) is 0.0625. The fourth-order valence-electron chi connectivity index (χ4n) is 2.67. The lowest BCUT2D eigenvalue weighted by Crippen LogP contribution is -2.15. The summed E-state index contributed by atoms with van der Waals surface area (Å²) in [4.78, 5) is 6.31. The second-order valence-electron chi connectivity index (χ2n) is 4.67. The maximum Gasteiger partial charge on any atom is 0.164 e. The molecule has 0 saturated carbocycles. The third-order valence-electron chi connectivity index (χ3n) is 3.58. The van der Waals surface area contributed by atoms with E-state index in [-0.39, 0.29) is 0 Å². The first-order chi connectivity index (χ1) is 9.34. The van der Waals surface area contributed by atoms with Crippen molar-refractivity contribution < 1.29 is 4.55 Å². The Morgan fingerprint density at radius 3 is 2.79 bits per heavy atom. The van der Waals surface area contributed by atoms with E-state index in [1.54, 1.807) is 6.20 Å². The quantitative estimate of drug-likeness (QED) is 0.585. The van der Waals surface area contributed by atoms with Gasteiger partial charge >= 0.3 is 0 Å². The highest BCUT2D eigenvalue weighted by Crippen LogP contribution is 2.36. The van der Waals surface area contributed by atoms with Crippen LogP contribution in [0, 0.1) is 0 Å². The highest BCUT2D eigenvalue weighted by molar-refractivity contribution is 7.91. The molecule has 0 saturated heterocycles. The minimum Gasteiger partial charge on any atom is -0.606 e. The van der Waals surface area contributed by atoms with E-state index in [1.165, 1.54) is 0 Å². The molecule has 0 spiro atoms. The van der Waals surface area contributed by atoms with Crippen molar-refractivity contribution in [1.82, 2.24) is 4.98 Å². The first-order valence-corrected chi connectivity index (χ1v) is 7.36. The van der Waals surface area contributed by atoms with E-state index in [2.05, 4.69) is 11.1 Å². The Bertz CT molecular complexity index is 785. The lowest BCUT2D eigenvalue weighted by atomic mass is 10.0. The molecule has 2 heterocycles. The van der Waals surface area contributed by atoms with Gasteiger partial charge in [0.2, 0.25) is 0 Å². The van der Waals surface area contributed by atoms with Crippen LogP contribution in [0.2, 0.25) is 0 Å². The molecule has 0 bridgehead atoms. The molecule has 3 heteroatoms. The van der Waals surface area contributed by atoms with Crippen LogP contribution in [0.25, 0.3) is 10.9 Å². The van der Waals surface area contributed by atoms with Crippen LogP contribution >= 0.6 is 0 Å². The van der Waals surface area contributed by atoms with E-state index in [0.29, 0.717) is 0 Å². The van der Waals surface area contributed by atoms with Crippen LogP contribution in [-0.4, -0.2) is 9.54 Å². The molecule has 3 aromatic rings. The molecule has 4 rings (SSSR count). The summed E-state index contributed by atoms with van der Waals surface area (Å²) in [5.74, 6) is 0. The average molecular weight is 265 g/mol. The van der Waals surface area contributed by atoms with Gasteiger partial charge in [-0.2, -0.15) is 0 Å². The first kappa shape index (κ1) is 11.0. The normalized spacial score (nSPS) is 17.0. The van der Waals surface area contributed by atoms with Crippen LogP contribution in [0.1, 0.15) is 11.1 Å². The van der Waals surface area contributed by atoms with E-state index in [0.717, 1.165) is 38.2 Å². The smallest absolute Gasteiger partial charge is 0.164 e. The lowest BCUT2D eigenvalue weighted by molar-refractivity contribution is 0.591. The fourth-order valence-corrected chi connectivity index (χ4v) is 4.07. The summed E-state index contributed by atoms with van der Waals surface area (Å²) < 4.78 is 12.6. The second kappa shape index (κ2) is 4.08. The van der Waals surface area contributed by atoms with Gasteiger partial charge in [-0.15, -0.1) is 0 Å². The summed E-state index contributed by atoms with van der Waals surface area (Å²) in [6, 6.07) is 15.9. The molecule has 1 atom stereocenters. The van der Waals surface area contributed by atoms with Crippen molar-refractivity contribution >= 4 is 22.1 Å². The van der Waals surface area contributed by atoms with E-state index >= 15 is 0 Å². The molecule has 0 radical (unpaired) electrons. The van der Waals surface area contributed by atoms with Crippen molar-refractivity contribution in [1.29, 1.82) is 0 Å². The Kier molecular flexibility index (Phi) is 2.37. The number of hydrogen-bond acceptors (Lipinski definition) is 2. The Hall–Kier alpha value is -1.84. The van der Waals surface area contributed by atoms with Gasteiger partial charge in [-0.05, 0) is 24.3 Å². The van der Waals surface area contributed by atoms with E-state index in [1.807, 2.05) is 42.5 Å². The summed E-state index contributed by atoms with van der Waals surface area (Å²) in [5, 5.41) is 1.11. The minimum absolute atomic E-state index is 0.811. The topological polar surface area (TPSA) is 36.0 Å². The van der Waals surface area contributed by atoms with Gasteiger partial charge in [0.15, 0.2) is 9.79 Å². The number of hydrogen-bond donors (Lipinski definition) is 0. The molecular weight excluding hydrogens is 254 g/mol. The monoisotopic (exact) mass is 265 g/mol. The van der Waals surface area contributed by atoms with Crippen LogP contribution < -0.4 is 0 Å². The Balaban J connectivity index is 2.02. The number of aromatic nitrogens is 1. The maximum absolute atomic E-state index is 12.6. The molecule has 19 heavy (non-hydrogen) atoms. The summed E-state index contributed by atoms with van der Waals surface area (Å²) in [6.45, 7) is 0. The number of nitrogens with zero attached hydrogens (tertiary/aromatic N) is 1. The molecule has 1 aliphatic rings. The predicted molar refractivity (Wildman–Crippen MR) is 75.7 cm³/mol. The Labute approximate surface area is 114 Å². The van der Waals surface area contributed by atoms with Crippen molar-refractivity contribution in [2.24, 2.45) is 0 Å². The Morgan fingerprint density at radius 2 is 1.84 bits per heavy atom. The first-order valence-electron chi connectivity index (χ1n) is 6.21. The minimum atomic E-state index is -1.09. The summed E-state index contributed by atoms with van der Waals surface area (Å²) in [7, 11) is 0. The maximum atomic E-state index is 12.6. The zero-order chi connectivity index (χ0) is 12.8. The zero-order valence-corrected chi connectivity index (χ0v) is 11.0. The molecule has 1 aliphatic heterocycles. The van der Waals surface area contributed by atoms with Gasteiger partial charge in [0.05, 0.1) is 5.52 Å². The molecule has 92 valence electrons. The van der Waals surface area contributed by atoms with Gasteiger partial charge in [-0.1, -0.05) is 24.3 Å². The molecule has 0 amide bonds. The summed E-state index contributed by atoms with van der Waals surface area (Å²) >= 11 is -1.09. The largest absolute Gasteiger partial charge is 0.606 e. The van der Waals surface area contributed by atoms with E-state index in [4.69, 9.17) is 0 Å². The van der Waals surface area contributed by atoms with E-state index < -0.39 is 11.2 Å². The van der Waals surface area contributed by atoms with E-state index in [9.17, 15) is 4.55 Å². The number of benzene rings is 2. The van der Waals surface area contributed by atoms with Crippen molar-refractivity contribution in [2.45, 2.75) is 16.2 Å². The third-order valence-corrected chi connectivity index (χ3v) is 5.16. The van der Waals surface area contributed by atoms with Crippen LogP contribution in [0.4, 0.5) is 0 Å². The molecule has 2 aromatic carbocycles. The van der Waals surface area contributed by atoms with Crippen molar-refractivity contribution in [3.8, 4) is 0 Å². The van der Waals surface area contributed by atoms with Gasteiger partial charge < -0.3 is 4.55 Å². The molecule has 0 aliphatic carbocycles. The highest BCUT2D eigenvalue weighted by Gasteiger charge is 2.29.